The van der Waals surface area contributed by atoms with Crippen LogP contribution in [0.2, 0.25) is 0 Å². The predicted molar refractivity (Wildman–Crippen MR) is 94.5 cm³/mol. The van der Waals surface area contributed by atoms with Crippen LogP contribution >= 0.6 is 11.8 Å². The fraction of sp³-hybridized carbons (Fsp3) is 0.611. The van der Waals surface area contributed by atoms with E-state index in [-0.39, 0.29) is 5.91 Å². The number of β-amino-alcohol motifs (C(OH)–C–C–N with tert-alkyl or cyclic N) is 1. The largest absolute Gasteiger partial charge is 0.390 e. The smallest absolute Gasteiger partial charge is 0.222 e. The van der Waals surface area contributed by atoms with Crippen molar-refractivity contribution in [2.45, 2.75) is 37.2 Å². The standard InChI is InChI=1S/C18H26N2O2S/c1-14-18(15-6-3-2-4-7-15)20(10-11-23-14)13-16(21)12-19-9-5-8-17(19)22/h2-4,6-7,14,16,18,21H,5,8-13H2,1H3. The maximum Gasteiger partial charge on any atom is 0.222 e. The third kappa shape index (κ3) is 4.08. The van der Waals surface area contributed by atoms with Crippen molar-refractivity contribution < 1.29 is 9.90 Å². The molecule has 1 aromatic rings. The summed E-state index contributed by atoms with van der Waals surface area (Å²) in [5, 5.41) is 11.0. The van der Waals surface area contributed by atoms with Crippen molar-refractivity contribution in [2.24, 2.45) is 0 Å². The molecule has 4 nitrogen and oxygen atoms in total. The van der Waals surface area contributed by atoms with Crippen molar-refractivity contribution in [1.29, 1.82) is 0 Å². The second-order valence-corrected chi connectivity index (χ2v) is 8.01. The average molecular weight is 334 g/mol. The first-order valence-corrected chi connectivity index (χ1v) is 9.56. The summed E-state index contributed by atoms with van der Waals surface area (Å²) in [4.78, 5) is 15.9. The van der Waals surface area contributed by atoms with Gasteiger partial charge in [-0.3, -0.25) is 9.69 Å². The molecule has 0 aromatic heterocycles. The van der Waals surface area contributed by atoms with Gasteiger partial charge in [0.2, 0.25) is 5.91 Å². The van der Waals surface area contributed by atoms with Gasteiger partial charge in [0.15, 0.2) is 0 Å². The van der Waals surface area contributed by atoms with Crippen LogP contribution in [0.3, 0.4) is 0 Å². The Kier molecular flexibility index (Phi) is 5.62. The minimum atomic E-state index is -0.474. The van der Waals surface area contributed by atoms with Crippen LogP contribution in [0.1, 0.15) is 31.4 Å². The minimum Gasteiger partial charge on any atom is -0.390 e. The van der Waals surface area contributed by atoms with Crippen LogP contribution in [0.5, 0.6) is 0 Å². The first kappa shape index (κ1) is 16.8. The Labute approximate surface area is 142 Å². The molecule has 126 valence electrons. The Morgan fingerprint density at radius 2 is 2.04 bits per heavy atom. The number of thioether (sulfide) groups is 1. The van der Waals surface area contributed by atoms with Crippen LogP contribution in [0, 0.1) is 0 Å². The molecule has 3 unspecified atom stereocenters. The first-order valence-electron chi connectivity index (χ1n) is 8.51. The Balaban J connectivity index is 1.65. The fourth-order valence-electron chi connectivity index (χ4n) is 3.70. The number of aliphatic hydroxyl groups excluding tert-OH is 1. The van der Waals surface area contributed by atoms with E-state index in [0.29, 0.717) is 30.8 Å². The number of hydrogen-bond acceptors (Lipinski definition) is 4. The van der Waals surface area contributed by atoms with Gasteiger partial charge < -0.3 is 10.0 Å². The summed E-state index contributed by atoms with van der Waals surface area (Å²) in [5.74, 6) is 1.28. The normalized spacial score (nSPS) is 27.4. The molecule has 0 spiro atoms. The number of carbonyl (C=O) groups is 1. The molecule has 1 amide bonds. The molecule has 2 aliphatic heterocycles. The number of benzene rings is 1. The molecule has 2 heterocycles. The predicted octanol–water partition coefficient (Wildman–Crippen LogP) is 2.15. The molecular weight excluding hydrogens is 308 g/mol. The van der Waals surface area contributed by atoms with Gasteiger partial charge in [-0.25, -0.2) is 0 Å². The van der Waals surface area contributed by atoms with Gasteiger partial charge in [-0.1, -0.05) is 37.3 Å². The highest BCUT2D eigenvalue weighted by atomic mass is 32.2. The average Bonchev–Trinajstić information content (AvgIpc) is 2.93. The molecule has 3 atom stereocenters. The van der Waals surface area contributed by atoms with Crippen LogP contribution in [0.15, 0.2) is 30.3 Å². The first-order chi connectivity index (χ1) is 11.1. The fourth-order valence-corrected chi connectivity index (χ4v) is 4.92. The van der Waals surface area contributed by atoms with Crippen LogP contribution < -0.4 is 0 Å². The molecule has 2 fully saturated rings. The van der Waals surface area contributed by atoms with Gasteiger partial charge in [0.25, 0.3) is 0 Å². The topological polar surface area (TPSA) is 43.8 Å². The van der Waals surface area contributed by atoms with Crippen molar-refractivity contribution in [3.8, 4) is 0 Å². The maximum absolute atomic E-state index is 11.7. The summed E-state index contributed by atoms with van der Waals surface area (Å²) < 4.78 is 0. The van der Waals surface area contributed by atoms with Gasteiger partial charge in [-0.15, -0.1) is 0 Å². The van der Waals surface area contributed by atoms with Gasteiger partial charge in [0.05, 0.1) is 6.10 Å². The maximum atomic E-state index is 11.7. The van der Waals surface area contributed by atoms with Gasteiger partial charge in [0, 0.05) is 49.6 Å². The monoisotopic (exact) mass is 334 g/mol. The summed E-state index contributed by atoms with van der Waals surface area (Å²) in [6.45, 7) is 5.15. The van der Waals surface area contributed by atoms with Crippen LogP contribution in [0.4, 0.5) is 0 Å². The van der Waals surface area contributed by atoms with Gasteiger partial charge in [-0.05, 0) is 12.0 Å². The van der Waals surface area contributed by atoms with Crippen LogP contribution in [-0.2, 0) is 4.79 Å². The third-order valence-corrected chi connectivity index (χ3v) is 5.99. The summed E-state index contributed by atoms with van der Waals surface area (Å²) >= 11 is 2.00. The molecule has 23 heavy (non-hydrogen) atoms. The van der Waals surface area contributed by atoms with Gasteiger partial charge in [0.1, 0.15) is 0 Å². The molecule has 2 saturated heterocycles. The van der Waals surface area contributed by atoms with Crippen molar-refractivity contribution >= 4 is 17.7 Å². The van der Waals surface area contributed by atoms with E-state index in [4.69, 9.17) is 0 Å². The molecule has 3 rings (SSSR count). The lowest BCUT2D eigenvalue weighted by Crippen LogP contribution is -2.46. The van der Waals surface area contributed by atoms with E-state index in [0.717, 1.165) is 25.3 Å². The van der Waals surface area contributed by atoms with Gasteiger partial charge in [-0.2, -0.15) is 11.8 Å². The molecule has 0 aliphatic carbocycles. The lowest BCUT2D eigenvalue weighted by molar-refractivity contribution is -0.129. The second-order valence-electron chi connectivity index (χ2n) is 6.52. The van der Waals surface area contributed by atoms with E-state index >= 15 is 0 Å². The third-order valence-electron chi connectivity index (χ3n) is 4.79. The highest BCUT2D eigenvalue weighted by Gasteiger charge is 2.32. The SMILES string of the molecule is CC1SCCN(CC(O)CN2CCCC2=O)C1c1ccccc1. The van der Waals surface area contributed by atoms with Crippen molar-refractivity contribution in [3.05, 3.63) is 35.9 Å². The van der Waals surface area contributed by atoms with Gasteiger partial charge >= 0.3 is 0 Å². The van der Waals surface area contributed by atoms with E-state index < -0.39 is 6.10 Å². The van der Waals surface area contributed by atoms with E-state index in [1.165, 1.54) is 5.56 Å². The number of hydrogen-bond donors (Lipinski definition) is 1. The molecule has 0 radical (unpaired) electrons. The van der Waals surface area contributed by atoms with Crippen LogP contribution in [0.25, 0.3) is 0 Å². The molecule has 5 heteroatoms. The molecule has 0 bridgehead atoms. The number of carbonyl (C=O) groups excluding carboxylic acids is 1. The van der Waals surface area contributed by atoms with Crippen LogP contribution in [-0.4, -0.2) is 64.1 Å². The Morgan fingerprint density at radius 3 is 2.74 bits per heavy atom. The number of rotatable bonds is 5. The highest BCUT2D eigenvalue weighted by molar-refractivity contribution is 8.00. The van der Waals surface area contributed by atoms with Crippen molar-refractivity contribution in [3.63, 3.8) is 0 Å². The zero-order valence-electron chi connectivity index (χ0n) is 13.7. The lowest BCUT2D eigenvalue weighted by atomic mass is 10.0. The van der Waals surface area contributed by atoms with E-state index in [1.54, 1.807) is 0 Å². The molecular formula is C18H26N2O2S. The lowest BCUT2D eigenvalue weighted by Gasteiger charge is -2.41. The number of nitrogens with zero attached hydrogens (tertiary/aromatic N) is 2. The Morgan fingerprint density at radius 1 is 1.26 bits per heavy atom. The van der Waals surface area contributed by atoms with E-state index in [2.05, 4.69) is 36.1 Å². The number of likely N-dealkylation sites (tertiary alicyclic amines) is 1. The minimum absolute atomic E-state index is 0.186. The van der Waals surface area contributed by atoms with E-state index in [1.807, 2.05) is 22.7 Å². The molecule has 1 aromatic carbocycles. The quantitative estimate of drug-likeness (QED) is 0.896. The number of amides is 1. The molecule has 0 saturated carbocycles. The summed E-state index contributed by atoms with van der Waals surface area (Å²) in [7, 11) is 0. The Bertz CT molecular complexity index is 525. The Hall–Kier alpha value is -1.04. The summed E-state index contributed by atoms with van der Waals surface area (Å²) in [6.07, 6.45) is 1.09. The van der Waals surface area contributed by atoms with Crippen molar-refractivity contribution in [2.75, 3.05) is 31.9 Å². The number of aliphatic hydroxyl groups is 1. The summed E-state index contributed by atoms with van der Waals surface area (Å²) in [5.41, 5.74) is 1.32. The molecule has 1 N–H and O–H groups in total. The zero-order chi connectivity index (χ0) is 16.2. The zero-order valence-corrected chi connectivity index (χ0v) is 14.5. The molecule has 2 aliphatic rings. The van der Waals surface area contributed by atoms with E-state index in [9.17, 15) is 9.90 Å². The second kappa shape index (κ2) is 7.69. The van der Waals surface area contributed by atoms with Crippen molar-refractivity contribution in [1.82, 2.24) is 9.80 Å². The summed E-state index contributed by atoms with van der Waals surface area (Å²) in [6, 6.07) is 10.9. The highest BCUT2D eigenvalue weighted by Crippen LogP contribution is 2.35.